The minimum atomic E-state index is -0.733. The van der Waals surface area contributed by atoms with Crippen LogP contribution in [0.25, 0.3) is 0 Å². The third kappa shape index (κ3) is 4.51. The molecule has 0 aromatic rings. The van der Waals surface area contributed by atoms with Crippen molar-refractivity contribution in [2.45, 2.75) is 51.9 Å². The number of allylic oxidation sites excluding steroid dienone is 1. The quantitative estimate of drug-likeness (QED) is 0.453. The lowest BCUT2D eigenvalue weighted by Gasteiger charge is -2.26. The van der Waals surface area contributed by atoms with Crippen molar-refractivity contribution < 1.29 is 29.3 Å². The average Bonchev–Trinajstić information content (AvgIpc) is 2.81. The van der Waals surface area contributed by atoms with E-state index in [1.807, 2.05) is 13.0 Å². The summed E-state index contributed by atoms with van der Waals surface area (Å²) in [6.07, 6.45) is 3.78. The standard InChI is InChI=1S/C20H26O6/c1-5-14(10-21)20(24)25-17-9-16-13(4)19(23)26-18(16)7-11(2)6-15(22)8-12(17)3/h5,7-8,15-18,21-22H,4,6,9-10H2,1-3H3. The van der Waals surface area contributed by atoms with Crippen LogP contribution in [-0.2, 0) is 19.1 Å². The first-order valence-electron chi connectivity index (χ1n) is 8.67. The molecule has 0 saturated carbocycles. The highest BCUT2D eigenvalue weighted by molar-refractivity contribution is 5.91. The van der Waals surface area contributed by atoms with Crippen LogP contribution in [0.15, 0.2) is 47.1 Å². The summed E-state index contributed by atoms with van der Waals surface area (Å²) >= 11 is 0. The summed E-state index contributed by atoms with van der Waals surface area (Å²) in [4.78, 5) is 24.2. The van der Waals surface area contributed by atoms with Crippen LogP contribution in [0.3, 0.4) is 0 Å². The van der Waals surface area contributed by atoms with E-state index in [1.165, 1.54) is 6.08 Å². The van der Waals surface area contributed by atoms with Crippen LogP contribution in [0.1, 0.15) is 33.6 Å². The normalized spacial score (nSPS) is 30.1. The van der Waals surface area contributed by atoms with Crippen molar-refractivity contribution in [1.82, 2.24) is 0 Å². The largest absolute Gasteiger partial charge is 0.454 e. The number of aliphatic hydroxyl groups is 2. The number of esters is 2. The van der Waals surface area contributed by atoms with E-state index in [-0.39, 0.29) is 11.5 Å². The Morgan fingerprint density at radius 1 is 1.42 bits per heavy atom. The van der Waals surface area contributed by atoms with Gasteiger partial charge in [0.05, 0.1) is 18.3 Å². The Labute approximate surface area is 153 Å². The van der Waals surface area contributed by atoms with Gasteiger partial charge in [0.15, 0.2) is 0 Å². The summed E-state index contributed by atoms with van der Waals surface area (Å²) in [5.74, 6) is -1.41. The molecule has 2 N–H and O–H groups in total. The number of hydrogen-bond acceptors (Lipinski definition) is 6. The van der Waals surface area contributed by atoms with E-state index < -0.39 is 36.9 Å². The van der Waals surface area contributed by atoms with Crippen LogP contribution in [0.5, 0.6) is 0 Å². The summed E-state index contributed by atoms with van der Waals surface area (Å²) in [6.45, 7) is 8.69. The van der Waals surface area contributed by atoms with E-state index in [4.69, 9.17) is 9.47 Å². The first-order chi connectivity index (χ1) is 12.3. The molecule has 4 atom stereocenters. The third-order valence-electron chi connectivity index (χ3n) is 4.79. The van der Waals surface area contributed by atoms with Crippen LogP contribution >= 0.6 is 0 Å². The molecule has 0 spiro atoms. The Morgan fingerprint density at radius 3 is 2.73 bits per heavy atom. The van der Waals surface area contributed by atoms with E-state index in [0.29, 0.717) is 24.0 Å². The zero-order valence-electron chi connectivity index (χ0n) is 15.4. The molecule has 142 valence electrons. The number of aliphatic hydroxyl groups excluding tert-OH is 2. The van der Waals surface area contributed by atoms with E-state index >= 15 is 0 Å². The molecule has 1 fully saturated rings. The Bertz CT molecular complexity index is 684. The smallest absolute Gasteiger partial charge is 0.336 e. The van der Waals surface area contributed by atoms with Gasteiger partial charge >= 0.3 is 11.9 Å². The molecule has 0 aromatic heterocycles. The number of fused-ring (bicyclic) bond motifs is 1. The molecule has 6 heteroatoms. The Morgan fingerprint density at radius 2 is 2.12 bits per heavy atom. The summed E-state index contributed by atoms with van der Waals surface area (Å²) in [6, 6.07) is 0. The molecule has 0 aromatic carbocycles. The third-order valence-corrected chi connectivity index (χ3v) is 4.79. The molecule has 2 aliphatic rings. The molecular weight excluding hydrogens is 336 g/mol. The Kier molecular flexibility index (Phi) is 6.56. The van der Waals surface area contributed by atoms with Crippen molar-refractivity contribution in [3.63, 3.8) is 0 Å². The Balaban J connectivity index is 2.35. The van der Waals surface area contributed by atoms with Crippen LogP contribution in [0, 0.1) is 5.92 Å². The van der Waals surface area contributed by atoms with E-state index in [9.17, 15) is 19.8 Å². The minimum absolute atomic E-state index is 0.153. The van der Waals surface area contributed by atoms with Gasteiger partial charge in [0, 0.05) is 11.5 Å². The predicted octanol–water partition coefficient (Wildman–Crippen LogP) is 1.98. The zero-order valence-corrected chi connectivity index (χ0v) is 15.4. The number of hydrogen-bond donors (Lipinski definition) is 2. The summed E-state index contributed by atoms with van der Waals surface area (Å²) in [5, 5.41) is 19.5. The minimum Gasteiger partial charge on any atom is -0.454 e. The SMILES string of the molecule is C=C1C(=O)OC2C=C(C)CC(O)C=C(C)C(OC(=O)C(=CC)CO)CC12. The van der Waals surface area contributed by atoms with Crippen molar-refractivity contribution in [3.8, 4) is 0 Å². The van der Waals surface area contributed by atoms with Gasteiger partial charge in [-0.05, 0) is 45.3 Å². The zero-order chi connectivity index (χ0) is 19.4. The monoisotopic (exact) mass is 362 g/mol. The second-order valence-corrected chi connectivity index (χ2v) is 6.80. The molecule has 1 heterocycles. The van der Waals surface area contributed by atoms with Gasteiger partial charge in [-0.15, -0.1) is 0 Å². The van der Waals surface area contributed by atoms with Gasteiger partial charge in [0.25, 0.3) is 0 Å². The topological polar surface area (TPSA) is 93.1 Å². The molecule has 4 unspecified atom stereocenters. The molecule has 26 heavy (non-hydrogen) atoms. The van der Waals surface area contributed by atoms with E-state index in [0.717, 1.165) is 5.57 Å². The van der Waals surface area contributed by atoms with Crippen molar-refractivity contribution in [2.24, 2.45) is 5.92 Å². The summed E-state index contributed by atoms with van der Waals surface area (Å²) < 4.78 is 11.0. The van der Waals surface area contributed by atoms with Gasteiger partial charge < -0.3 is 19.7 Å². The molecule has 0 radical (unpaired) electrons. The van der Waals surface area contributed by atoms with Crippen LogP contribution in [0.2, 0.25) is 0 Å². The second-order valence-electron chi connectivity index (χ2n) is 6.80. The summed E-state index contributed by atoms with van der Waals surface area (Å²) in [7, 11) is 0. The maximum Gasteiger partial charge on any atom is 0.336 e. The molecule has 1 saturated heterocycles. The van der Waals surface area contributed by atoms with Gasteiger partial charge in [-0.2, -0.15) is 0 Å². The fourth-order valence-electron chi connectivity index (χ4n) is 3.24. The van der Waals surface area contributed by atoms with Crippen molar-refractivity contribution in [1.29, 1.82) is 0 Å². The maximum atomic E-state index is 12.3. The predicted molar refractivity (Wildman–Crippen MR) is 96.0 cm³/mol. The van der Waals surface area contributed by atoms with Crippen molar-refractivity contribution >= 4 is 11.9 Å². The Hall–Kier alpha value is -2.18. The molecule has 0 amide bonds. The lowest BCUT2D eigenvalue weighted by molar-refractivity contribution is -0.144. The molecule has 1 aliphatic carbocycles. The highest BCUT2D eigenvalue weighted by Gasteiger charge is 2.40. The van der Waals surface area contributed by atoms with Gasteiger partial charge in [-0.3, -0.25) is 0 Å². The number of ether oxygens (including phenoxy) is 2. The average molecular weight is 362 g/mol. The van der Waals surface area contributed by atoms with Crippen LogP contribution in [-0.4, -0.2) is 47.1 Å². The fraction of sp³-hybridized carbons (Fsp3) is 0.500. The molecular formula is C20H26O6. The molecule has 6 nitrogen and oxygen atoms in total. The van der Waals surface area contributed by atoms with Crippen LogP contribution < -0.4 is 0 Å². The number of carbonyl (C=O) groups is 2. The van der Waals surface area contributed by atoms with E-state index in [1.54, 1.807) is 19.9 Å². The molecule has 1 aliphatic heterocycles. The second kappa shape index (κ2) is 8.47. The molecule has 0 bridgehead atoms. The summed E-state index contributed by atoms with van der Waals surface area (Å²) in [5.41, 5.74) is 2.09. The van der Waals surface area contributed by atoms with Gasteiger partial charge in [0.2, 0.25) is 0 Å². The first-order valence-corrected chi connectivity index (χ1v) is 8.67. The number of carbonyl (C=O) groups excluding carboxylic acids is 2. The lowest BCUT2D eigenvalue weighted by Crippen LogP contribution is -2.29. The van der Waals surface area contributed by atoms with Gasteiger partial charge in [0.1, 0.15) is 12.2 Å². The maximum absolute atomic E-state index is 12.3. The lowest BCUT2D eigenvalue weighted by atomic mass is 9.86. The highest BCUT2D eigenvalue weighted by Crippen LogP contribution is 2.35. The van der Waals surface area contributed by atoms with Gasteiger partial charge in [-0.25, -0.2) is 9.59 Å². The van der Waals surface area contributed by atoms with Crippen LogP contribution in [0.4, 0.5) is 0 Å². The molecule has 2 rings (SSSR count). The van der Waals surface area contributed by atoms with Gasteiger partial charge in [-0.1, -0.05) is 24.3 Å². The number of rotatable bonds is 3. The fourth-order valence-corrected chi connectivity index (χ4v) is 3.24. The van der Waals surface area contributed by atoms with Crippen molar-refractivity contribution in [3.05, 3.63) is 47.1 Å². The van der Waals surface area contributed by atoms with Crippen molar-refractivity contribution in [2.75, 3.05) is 6.61 Å². The van der Waals surface area contributed by atoms with E-state index in [2.05, 4.69) is 6.58 Å². The first kappa shape index (κ1) is 20.1. The highest BCUT2D eigenvalue weighted by atomic mass is 16.6.